The average molecular weight is 294 g/mol. The first-order valence-electron chi connectivity index (χ1n) is 7.32. The molecule has 2 fully saturated rings. The number of ether oxygens (including phenoxy) is 1. The molecule has 0 aromatic carbocycles. The first-order chi connectivity index (χ1) is 9.72. The Bertz CT molecular complexity index is 449. The Kier molecular flexibility index (Phi) is 4.38. The van der Waals surface area contributed by atoms with Gasteiger partial charge in [-0.25, -0.2) is 0 Å². The molecule has 20 heavy (non-hydrogen) atoms. The van der Waals surface area contributed by atoms with Gasteiger partial charge in [0.1, 0.15) is 0 Å². The minimum atomic E-state index is 0.223. The Morgan fingerprint density at radius 1 is 1.45 bits per heavy atom. The first kappa shape index (κ1) is 14.0. The lowest BCUT2D eigenvalue weighted by molar-refractivity contribution is -0.136. The highest BCUT2D eigenvalue weighted by Crippen LogP contribution is 2.24. The molecule has 2 saturated heterocycles. The fourth-order valence-electron chi connectivity index (χ4n) is 3.11. The second-order valence-corrected chi connectivity index (χ2v) is 6.85. The quantitative estimate of drug-likeness (QED) is 0.828. The number of hydrogen-bond acceptors (Lipinski definition) is 4. The Morgan fingerprint density at radius 2 is 2.35 bits per heavy atom. The van der Waals surface area contributed by atoms with E-state index in [0.29, 0.717) is 12.3 Å². The van der Waals surface area contributed by atoms with Gasteiger partial charge in [0.05, 0.1) is 19.1 Å². The Hall–Kier alpha value is -0.910. The van der Waals surface area contributed by atoms with E-state index in [9.17, 15) is 4.79 Å². The minimum absolute atomic E-state index is 0.223. The molecule has 3 rings (SSSR count). The molecular formula is C15H22N2O2S. The van der Waals surface area contributed by atoms with E-state index in [1.54, 1.807) is 11.3 Å². The fraction of sp³-hybridized carbons (Fsp3) is 0.667. The van der Waals surface area contributed by atoms with E-state index in [4.69, 9.17) is 4.74 Å². The number of thiophene rings is 1. The minimum Gasteiger partial charge on any atom is -0.375 e. The number of nitrogens with zero attached hydrogens (tertiary/aromatic N) is 2. The van der Waals surface area contributed by atoms with Gasteiger partial charge in [-0.05, 0) is 24.9 Å². The number of likely N-dealkylation sites (tertiary alicyclic amines) is 1. The molecule has 4 nitrogen and oxygen atoms in total. The number of likely N-dealkylation sites (N-methyl/N-ethyl adjacent to an activating group) is 1. The van der Waals surface area contributed by atoms with Crippen LogP contribution in [0.25, 0.3) is 0 Å². The van der Waals surface area contributed by atoms with Crippen molar-refractivity contribution in [3.8, 4) is 0 Å². The second kappa shape index (κ2) is 6.24. The number of carbonyl (C=O) groups is 1. The summed E-state index contributed by atoms with van der Waals surface area (Å²) in [5.74, 6) is 0.820. The van der Waals surface area contributed by atoms with Gasteiger partial charge in [-0.2, -0.15) is 0 Å². The van der Waals surface area contributed by atoms with E-state index in [1.165, 1.54) is 0 Å². The van der Waals surface area contributed by atoms with E-state index in [2.05, 4.69) is 11.9 Å². The lowest BCUT2D eigenvalue weighted by Gasteiger charge is -2.37. The molecule has 5 heteroatoms. The summed E-state index contributed by atoms with van der Waals surface area (Å²) in [7, 11) is 2.15. The molecule has 3 heterocycles. The van der Waals surface area contributed by atoms with Crippen LogP contribution in [0.2, 0.25) is 0 Å². The van der Waals surface area contributed by atoms with E-state index >= 15 is 0 Å². The molecular weight excluding hydrogens is 272 g/mol. The van der Waals surface area contributed by atoms with Crippen LogP contribution in [0.5, 0.6) is 0 Å². The van der Waals surface area contributed by atoms with Crippen molar-refractivity contribution in [1.29, 1.82) is 0 Å². The third-order valence-corrected chi connectivity index (χ3v) is 5.18. The van der Waals surface area contributed by atoms with Crippen molar-refractivity contribution in [3.63, 3.8) is 0 Å². The van der Waals surface area contributed by atoms with Crippen LogP contribution in [-0.2, 0) is 16.0 Å². The van der Waals surface area contributed by atoms with Gasteiger partial charge in [0.15, 0.2) is 0 Å². The SMILES string of the molecule is CN1CCO[C@@H]2CN(C(=O)Cc3cccs3)CC[C@@H]2C1. The second-order valence-electron chi connectivity index (χ2n) is 5.82. The van der Waals surface area contributed by atoms with E-state index < -0.39 is 0 Å². The van der Waals surface area contributed by atoms with Crippen molar-refractivity contribution in [1.82, 2.24) is 9.80 Å². The summed E-state index contributed by atoms with van der Waals surface area (Å²) in [4.78, 5) is 17.8. The lowest BCUT2D eigenvalue weighted by atomic mass is 9.93. The summed E-state index contributed by atoms with van der Waals surface area (Å²) in [5.41, 5.74) is 0. The van der Waals surface area contributed by atoms with E-state index in [-0.39, 0.29) is 12.0 Å². The summed E-state index contributed by atoms with van der Waals surface area (Å²) < 4.78 is 5.96. The zero-order valence-corrected chi connectivity index (χ0v) is 12.8. The van der Waals surface area contributed by atoms with Gasteiger partial charge in [0, 0.05) is 37.0 Å². The third-order valence-electron chi connectivity index (χ3n) is 4.31. The predicted octanol–water partition coefficient (Wildman–Crippen LogP) is 1.47. The van der Waals surface area contributed by atoms with Crippen LogP contribution in [0, 0.1) is 5.92 Å². The number of carbonyl (C=O) groups excluding carboxylic acids is 1. The molecule has 2 aliphatic rings. The van der Waals surface area contributed by atoms with Crippen molar-refractivity contribution in [2.75, 3.05) is 39.8 Å². The van der Waals surface area contributed by atoms with Gasteiger partial charge >= 0.3 is 0 Å². The molecule has 2 atom stereocenters. The molecule has 0 unspecified atom stereocenters. The van der Waals surface area contributed by atoms with Crippen LogP contribution >= 0.6 is 11.3 Å². The van der Waals surface area contributed by atoms with Crippen molar-refractivity contribution >= 4 is 17.2 Å². The molecule has 2 aliphatic heterocycles. The zero-order chi connectivity index (χ0) is 13.9. The lowest BCUT2D eigenvalue weighted by Crippen LogP contribution is -2.49. The number of amides is 1. The van der Waals surface area contributed by atoms with Gasteiger partial charge in [0.2, 0.25) is 5.91 Å². The number of piperidine rings is 1. The van der Waals surface area contributed by atoms with Crippen LogP contribution in [0.3, 0.4) is 0 Å². The van der Waals surface area contributed by atoms with Crippen LogP contribution in [0.15, 0.2) is 17.5 Å². The monoisotopic (exact) mass is 294 g/mol. The topological polar surface area (TPSA) is 32.8 Å². The number of hydrogen-bond donors (Lipinski definition) is 0. The van der Waals surface area contributed by atoms with Gasteiger partial charge < -0.3 is 14.5 Å². The Labute approximate surface area is 124 Å². The number of rotatable bonds is 2. The van der Waals surface area contributed by atoms with Gasteiger partial charge in [0.25, 0.3) is 0 Å². The summed E-state index contributed by atoms with van der Waals surface area (Å²) >= 11 is 1.66. The van der Waals surface area contributed by atoms with Crippen molar-refractivity contribution in [2.45, 2.75) is 18.9 Å². The number of fused-ring (bicyclic) bond motifs is 1. The molecule has 0 bridgehead atoms. The van der Waals surface area contributed by atoms with Gasteiger partial charge in [-0.3, -0.25) is 4.79 Å². The molecule has 0 aliphatic carbocycles. The van der Waals surface area contributed by atoms with Crippen molar-refractivity contribution in [2.24, 2.45) is 5.92 Å². The molecule has 1 amide bonds. The van der Waals surface area contributed by atoms with Crippen LogP contribution in [-0.4, -0.2) is 61.6 Å². The molecule has 0 saturated carbocycles. The van der Waals surface area contributed by atoms with Crippen molar-refractivity contribution in [3.05, 3.63) is 22.4 Å². The van der Waals surface area contributed by atoms with Gasteiger partial charge in [-0.1, -0.05) is 6.07 Å². The molecule has 0 N–H and O–H groups in total. The average Bonchev–Trinajstić information content (AvgIpc) is 2.85. The standard InChI is InChI=1S/C15H22N2O2S/c1-16-6-7-19-14-11-17(5-4-12(14)10-16)15(18)9-13-3-2-8-20-13/h2-3,8,12,14H,4-7,9-11H2,1H3/t12-,14-/m1/s1. The summed E-state index contributed by atoms with van der Waals surface area (Å²) in [6, 6.07) is 4.04. The van der Waals surface area contributed by atoms with E-state index in [0.717, 1.165) is 44.1 Å². The summed E-state index contributed by atoms with van der Waals surface area (Å²) in [6.07, 6.45) is 1.82. The highest BCUT2D eigenvalue weighted by Gasteiger charge is 2.34. The van der Waals surface area contributed by atoms with Gasteiger partial charge in [-0.15, -0.1) is 11.3 Å². The fourth-order valence-corrected chi connectivity index (χ4v) is 3.81. The molecule has 0 radical (unpaired) electrons. The molecule has 0 spiro atoms. The maximum absolute atomic E-state index is 12.4. The van der Waals surface area contributed by atoms with Crippen LogP contribution < -0.4 is 0 Å². The Balaban J connectivity index is 1.59. The molecule has 110 valence electrons. The zero-order valence-electron chi connectivity index (χ0n) is 12.0. The molecule has 1 aromatic rings. The maximum Gasteiger partial charge on any atom is 0.227 e. The predicted molar refractivity (Wildman–Crippen MR) is 79.9 cm³/mol. The third kappa shape index (κ3) is 3.22. The van der Waals surface area contributed by atoms with Crippen LogP contribution in [0.4, 0.5) is 0 Å². The highest BCUT2D eigenvalue weighted by molar-refractivity contribution is 7.10. The molecule has 1 aromatic heterocycles. The van der Waals surface area contributed by atoms with E-state index in [1.807, 2.05) is 22.4 Å². The summed E-state index contributed by atoms with van der Waals surface area (Å²) in [6.45, 7) is 4.52. The Morgan fingerprint density at radius 3 is 3.15 bits per heavy atom. The maximum atomic E-state index is 12.4. The smallest absolute Gasteiger partial charge is 0.227 e. The first-order valence-corrected chi connectivity index (χ1v) is 8.20. The van der Waals surface area contributed by atoms with Crippen LogP contribution in [0.1, 0.15) is 11.3 Å². The van der Waals surface area contributed by atoms with Crippen molar-refractivity contribution < 1.29 is 9.53 Å². The normalized spacial score (nSPS) is 27.9. The largest absolute Gasteiger partial charge is 0.375 e. The highest BCUT2D eigenvalue weighted by atomic mass is 32.1. The summed E-state index contributed by atoms with van der Waals surface area (Å²) in [5, 5.41) is 2.03.